The maximum atomic E-state index is 12.8. The molecule has 5 nitrogen and oxygen atoms in total. The molecule has 2 fully saturated rings. The number of carbonyl (C=O) groups is 1. The van der Waals surface area contributed by atoms with E-state index in [-0.39, 0.29) is 5.91 Å². The molecule has 27 heavy (non-hydrogen) atoms. The summed E-state index contributed by atoms with van der Waals surface area (Å²) in [5, 5.41) is 14.7. The first-order valence-electron chi connectivity index (χ1n) is 9.81. The number of amides is 1. The lowest BCUT2D eigenvalue weighted by Gasteiger charge is -2.44. The number of thioether (sulfide) groups is 1. The van der Waals surface area contributed by atoms with E-state index >= 15 is 0 Å². The van der Waals surface area contributed by atoms with Gasteiger partial charge in [0.05, 0.1) is 5.75 Å². The van der Waals surface area contributed by atoms with Gasteiger partial charge in [-0.25, -0.2) is 0 Å². The van der Waals surface area contributed by atoms with Crippen LogP contribution in [0, 0.1) is 5.92 Å². The highest BCUT2D eigenvalue weighted by atomic mass is 32.2. The van der Waals surface area contributed by atoms with Crippen LogP contribution in [0.25, 0.3) is 0 Å². The van der Waals surface area contributed by atoms with Crippen LogP contribution in [0.3, 0.4) is 0 Å². The summed E-state index contributed by atoms with van der Waals surface area (Å²) in [4.78, 5) is 16.3. The summed E-state index contributed by atoms with van der Waals surface area (Å²) in [6.07, 6.45) is 8.57. The van der Waals surface area contributed by atoms with E-state index < -0.39 is 0 Å². The molecule has 0 radical (unpaired) electrons. The Morgan fingerprint density at radius 3 is 3.04 bits per heavy atom. The van der Waals surface area contributed by atoms with Crippen LogP contribution in [-0.4, -0.2) is 45.9 Å². The van der Waals surface area contributed by atoms with Crippen LogP contribution in [0.1, 0.15) is 43.4 Å². The van der Waals surface area contributed by atoms with Crippen LogP contribution < -0.4 is 5.32 Å². The first-order chi connectivity index (χ1) is 13.3. The molecule has 3 heterocycles. The van der Waals surface area contributed by atoms with Crippen LogP contribution in [0.5, 0.6) is 0 Å². The Bertz CT molecular complexity index is 731. The maximum absolute atomic E-state index is 12.8. The molecule has 2 unspecified atom stereocenters. The highest BCUT2D eigenvalue weighted by Crippen LogP contribution is 2.36. The molecule has 2 atom stereocenters. The van der Waals surface area contributed by atoms with Gasteiger partial charge in [-0.1, -0.05) is 42.0 Å². The number of rotatable bonds is 7. The number of thiophene rings is 1. The molecule has 1 N–H and O–H groups in total. The summed E-state index contributed by atoms with van der Waals surface area (Å²) in [7, 11) is 0. The number of hydrogen-bond donors (Lipinski definition) is 1. The maximum Gasteiger partial charge on any atom is 0.233 e. The predicted molar refractivity (Wildman–Crippen MR) is 114 cm³/mol. The van der Waals surface area contributed by atoms with Gasteiger partial charge in [0.15, 0.2) is 4.34 Å². The predicted octanol–water partition coefficient (Wildman–Crippen LogP) is 4.53. The Balaban J connectivity index is 1.23. The largest absolute Gasteiger partial charge is 0.360 e. The summed E-state index contributed by atoms with van der Waals surface area (Å²) < 4.78 is 0.874. The monoisotopic (exact) mass is 422 g/mol. The van der Waals surface area contributed by atoms with Gasteiger partial charge in [-0.15, -0.1) is 21.5 Å². The van der Waals surface area contributed by atoms with E-state index in [0.29, 0.717) is 11.8 Å². The standard InChI is InChI=1S/C19H26N4OS3/c24-17(23-11-3-6-14-5-1-2-8-16(14)23)13-26-19-22-21-18(27-19)20-10-9-15-7-4-12-25-15/h4,7,12,14,16H,1-3,5-6,8-11,13H2,(H,20,21). The molecule has 0 spiro atoms. The van der Waals surface area contributed by atoms with E-state index in [9.17, 15) is 4.79 Å². The molecule has 1 aliphatic heterocycles. The van der Waals surface area contributed by atoms with Gasteiger partial charge in [-0.05, 0) is 49.5 Å². The van der Waals surface area contributed by atoms with Gasteiger partial charge in [0, 0.05) is 24.0 Å². The molecule has 1 amide bonds. The first-order valence-corrected chi connectivity index (χ1v) is 12.5. The molecular weight excluding hydrogens is 396 g/mol. The molecule has 2 aromatic rings. The number of nitrogens with zero attached hydrogens (tertiary/aromatic N) is 3. The molecular formula is C19H26N4OS3. The van der Waals surface area contributed by atoms with Gasteiger partial charge < -0.3 is 10.2 Å². The second kappa shape index (κ2) is 9.39. The number of fused-ring (bicyclic) bond motifs is 1. The van der Waals surface area contributed by atoms with Gasteiger partial charge >= 0.3 is 0 Å². The number of piperidine rings is 1. The Kier molecular flexibility index (Phi) is 6.68. The minimum Gasteiger partial charge on any atom is -0.360 e. The minimum absolute atomic E-state index is 0.277. The van der Waals surface area contributed by atoms with E-state index in [1.165, 1.54) is 48.7 Å². The van der Waals surface area contributed by atoms with E-state index in [4.69, 9.17) is 0 Å². The van der Waals surface area contributed by atoms with Crippen molar-refractivity contribution in [3.05, 3.63) is 22.4 Å². The second-order valence-electron chi connectivity index (χ2n) is 7.26. The fraction of sp³-hybridized carbons (Fsp3) is 0.632. The zero-order chi connectivity index (χ0) is 18.5. The molecule has 0 aromatic carbocycles. The normalized spacial score (nSPS) is 22.4. The summed E-state index contributed by atoms with van der Waals surface area (Å²) >= 11 is 4.85. The van der Waals surface area contributed by atoms with Crippen molar-refractivity contribution in [2.45, 2.75) is 55.3 Å². The third kappa shape index (κ3) is 5.03. The van der Waals surface area contributed by atoms with Crippen LogP contribution in [0.4, 0.5) is 5.13 Å². The van der Waals surface area contributed by atoms with Crippen molar-refractivity contribution in [3.8, 4) is 0 Å². The third-order valence-electron chi connectivity index (χ3n) is 5.52. The Labute approximate surface area is 173 Å². The topological polar surface area (TPSA) is 58.1 Å². The Morgan fingerprint density at radius 1 is 1.26 bits per heavy atom. The summed E-state index contributed by atoms with van der Waals surface area (Å²) in [5.41, 5.74) is 0. The number of likely N-dealkylation sites (tertiary alicyclic amines) is 1. The molecule has 1 aliphatic carbocycles. The lowest BCUT2D eigenvalue weighted by Crippen LogP contribution is -2.50. The quantitative estimate of drug-likeness (QED) is 0.665. The van der Waals surface area contributed by atoms with Gasteiger partial charge in [-0.2, -0.15) is 0 Å². The molecule has 2 aliphatic rings. The van der Waals surface area contributed by atoms with Crippen molar-refractivity contribution in [1.29, 1.82) is 0 Å². The zero-order valence-electron chi connectivity index (χ0n) is 15.4. The first kappa shape index (κ1) is 19.2. The second-order valence-corrected chi connectivity index (χ2v) is 10.5. The average molecular weight is 423 g/mol. The fourth-order valence-electron chi connectivity index (χ4n) is 4.23. The van der Waals surface area contributed by atoms with Gasteiger partial charge in [0.1, 0.15) is 0 Å². The van der Waals surface area contributed by atoms with E-state index in [2.05, 4.69) is 37.9 Å². The molecule has 146 valence electrons. The van der Waals surface area contributed by atoms with Crippen molar-refractivity contribution in [1.82, 2.24) is 15.1 Å². The minimum atomic E-state index is 0.277. The number of carbonyl (C=O) groups excluding carboxylic acids is 1. The van der Waals surface area contributed by atoms with E-state index in [0.717, 1.165) is 41.3 Å². The summed E-state index contributed by atoms with van der Waals surface area (Å²) in [6.45, 7) is 1.79. The van der Waals surface area contributed by atoms with Crippen molar-refractivity contribution >= 4 is 45.5 Å². The fourth-order valence-corrected chi connectivity index (χ4v) is 6.60. The molecule has 8 heteroatoms. The van der Waals surface area contributed by atoms with Crippen molar-refractivity contribution < 1.29 is 4.79 Å². The molecule has 1 saturated carbocycles. The summed E-state index contributed by atoms with van der Waals surface area (Å²) in [5.74, 6) is 1.49. The van der Waals surface area contributed by atoms with Crippen LogP contribution in [0.15, 0.2) is 21.9 Å². The van der Waals surface area contributed by atoms with Gasteiger partial charge in [0.2, 0.25) is 11.0 Å². The number of hydrogen-bond acceptors (Lipinski definition) is 7. The lowest BCUT2D eigenvalue weighted by molar-refractivity contribution is -0.134. The molecule has 4 rings (SSSR count). The zero-order valence-corrected chi connectivity index (χ0v) is 17.9. The smallest absolute Gasteiger partial charge is 0.233 e. The van der Waals surface area contributed by atoms with Crippen molar-refractivity contribution in [2.24, 2.45) is 5.92 Å². The number of anilines is 1. The van der Waals surface area contributed by atoms with Gasteiger partial charge in [0.25, 0.3) is 0 Å². The molecule has 1 saturated heterocycles. The SMILES string of the molecule is O=C(CSc1nnc(NCCc2cccs2)s1)N1CCCC2CCCCC21. The Hall–Kier alpha value is -1.12. The Morgan fingerprint density at radius 2 is 2.15 bits per heavy atom. The van der Waals surface area contributed by atoms with Crippen LogP contribution >= 0.6 is 34.4 Å². The lowest BCUT2D eigenvalue weighted by atomic mass is 9.78. The summed E-state index contributed by atoms with van der Waals surface area (Å²) in [6, 6.07) is 4.72. The van der Waals surface area contributed by atoms with Crippen molar-refractivity contribution in [2.75, 3.05) is 24.2 Å². The molecule has 0 bridgehead atoms. The van der Waals surface area contributed by atoms with E-state index in [1.54, 1.807) is 22.7 Å². The van der Waals surface area contributed by atoms with E-state index in [1.807, 2.05) is 0 Å². The third-order valence-corrected chi connectivity index (χ3v) is 8.45. The number of nitrogens with one attached hydrogen (secondary N) is 1. The molecule has 2 aromatic heterocycles. The highest BCUT2D eigenvalue weighted by molar-refractivity contribution is 8.01. The van der Waals surface area contributed by atoms with Crippen molar-refractivity contribution in [3.63, 3.8) is 0 Å². The van der Waals surface area contributed by atoms with Crippen LogP contribution in [0.2, 0.25) is 0 Å². The average Bonchev–Trinajstić information content (AvgIpc) is 3.38. The highest BCUT2D eigenvalue weighted by Gasteiger charge is 2.35. The van der Waals surface area contributed by atoms with Gasteiger partial charge in [-0.3, -0.25) is 4.79 Å². The van der Waals surface area contributed by atoms with Crippen LogP contribution in [-0.2, 0) is 11.2 Å². The number of aromatic nitrogens is 2.